The number of carboxylic acid groups (broad SMARTS) is 2. The summed E-state index contributed by atoms with van der Waals surface area (Å²) in [5.41, 5.74) is 10.5. The Labute approximate surface area is 185 Å². The topological polar surface area (TPSA) is 231 Å². The van der Waals surface area contributed by atoms with Gasteiger partial charge in [-0.05, 0) is 18.3 Å². The lowest BCUT2D eigenvalue weighted by Crippen LogP contribution is -2.58. The Hall–Kier alpha value is -3.22. The fourth-order valence-corrected chi connectivity index (χ4v) is 2.71. The molecule has 32 heavy (non-hydrogen) atoms. The van der Waals surface area contributed by atoms with Gasteiger partial charge in [0.2, 0.25) is 23.6 Å². The van der Waals surface area contributed by atoms with Crippen molar-refractivity contribution in [1.29, 1.82) is 0 Å². The molecule has 182 valence electrons. The standard InChI is InChI=1S/C19H33N5O8/c1-8(2)5-11(17(29)23-12(19(31)32)7-13(21)25)22-18(30)15(9(3)4)24-16(28)10(20)6-14(26)27/h8-12,15H,5-7,20H2,1-4H3,(H2,21,25)(H,22,30)(H,23,29)(H,24,28)(H,26,27)(H,31,32). The number of hydrogen-bond donors (Lipinski definition) is 7. The number of carbonyl (C=O) groups is 6. The van der Waals surface area contributed by atoms with Crippen molar-refractivity contribution in [3.8, 4) is 0 Å². The van der Waals surface area contributed by atoms with Gasteiger partial charge in [-0.25, -0.2) is 4.79 Å². The lowest BCUT2D eigenvalue weighted by Gasteiger charge is -2.27. The fourth-order valence-electron chi connectivity index (χ4n) is 2.71. The Morgan fingerprint density at radius 2 is 1.31 bits per heavy atom. The van der Waals surface area contributed by atoms with Crippen LogP contribution < -0.4 is 27.4 Å². The van der Waals surface area contributed by atoms with Crippen LogP contribution in [0, 0.1) is 11.8 Å². The van der Waals surface area contributed by atoms with Crippen LogP contribution in [-0.4, -0.2) is 69.9 Å². The van der Waals surface area contributed by atoms with E-state index in [4.69, 9.17) is 16.6 Å². The predicted octanol–water partition coefficient (Wildman–Crippen LogP) is -2.10. The molecule has 13 heteroatoms. The van der Waals surface area contributed by atoms with Crippen LogP contribution in [0.2, 0.25) is 0 Å². The maximum absolute atomic E-state index is 12.8. The summed E-state index contributed by atoms with van der Waals surface area (Å²) in [7, 11) is 0. The molecule has 0 radical (unpaired) electrons. The van der Waals surface area contributed by atoms with Gasteiger partial charge in [0.1, 0.15) is 18.1 Å². The van der Waals surface area contributed by atoms with Crippen molar-refractivity contribution in [2.75, 3.05) is 0 Å². The predicted molar refractivity (Wildman–Crippen MR) is 112 cm³/mol. The molecule has 4 amide bonds. The number of carbonyl (C=O) groups excluding carboxylic acids is 4. The maximum atomic E-state index is 12.8. The van der Waals surface area contributed by atoms with Gasteiger partial charge in [-0.2, -0.15) is 0 Å². The molecule has 0 saturated carbocycles. The van der Waals surface area contributed by atoms with E-state index in [0.29, 0.717) is 0 Å². The lowest BCUT2D eigenvalue weighted by molar-refractivity contribution is -0.144. The van der Waals surface area contributed by atoms with Crippen molar-refractivity contribution in [2.24, 2.45) is 23.3 Å². The largest absolute Gasteiger partial charge is 0.481 e. The number of rotatable bonds is 14. The molecule has 0 aromatic carbocycles. The summed E-state index contributed by atoms with van der Waals surface area (Å²) in [5, 5.41) is 25.0. The first-order valence-corrected chi connectivity index (χ1v) is 10.0. The second-order valence-electron chi connectivity index (χ2n) is 8.20. The molecular weight excluding hydrogens is 426 g/mol. The fraction of sp³-hybridized carbons (Fsp3) is 0.684. The first-order valence-electron chi connectivity index (χ1n) is 10.0. The Balaban J connectivity index is 5.46. The van der Waals surface area contributed by atoms with Crippen LogP contribution in [0.5, 0.6) is 0 Å². The maximum Gasteiger partial charge on any atom is 0.326 e. The van der Waals surface area contributed by atoms with Crippen molar-refractivity contribution in [2.45, 2.75) is 71.1 Å². The number of amides is 4. The monoisotopic (exact) mass is 459 g/mol. The van der Waals surface area contributed by atoms with Gasteiger partial charge >= 0.3 is 11.9 Å². The number of aliphatic carboxylic acids is 2. The minimum atomic E-state index is -1.57. The van der Waals surface area contributed by atoms with Crippen LogP contribution in [0.15, 0.2) is 0 Å². The normalized spacial score (nSPS) is 14.7. The van der Waals surface area contributed by atoms with Gasteiger partial charge < -0.3 is 37.6 Å². The van der Waals surface area contributed by atoms with E-state index in [2.05, 4.69) is 16.0 Å². The Morgan fingerprint density at radius 3 is 1.72 bits per heavy atom. The summed E-state index contributed by atoms with van der Waals surface area (Å²) in [5.74, 6) is -6.62. The number of carboxylic acids is 2. The van der Waals surface area contributed by atoms with Gasteiger partial charge in [-0.15, -0.1) is 0 Å². The van der Waals surface area contributed by atoms with Crippen LogP contribution in [0.1, 0.15) is 47.0 Å². The zero-order valence-electron chi connectivity index (χ0n) is 18.6. The Morgan fingerprint density at radius 1 is 0.781 bits per heavy atom. The van der Waals surface area contributed by atoms with Crippen molar-refractivity contribution in [3.63, 3.8) is 0 Å². The van der Waals surface area contributed by atoms with Crippen LogP contribution in [-0.2, 0) is 28.8 Å². The van der Waals surface area contributed by atoms with Crippen molar-refractivity contribution in [3.05, 3.63) is 0 Å². The first kappa shape index (κ1) is 28.8. The highest BCUT2D eigenvalue weighted by molar-refractivity contribution is 5.95. The molecule has 0 bridgehead atoms. The molecule has 0 aromatic rings. The van der Waals surface area contributed by atoms with Gasteiger partial charge in [0.25, 0.3) is 0 Å². The summed E-state index contributed by atoms with van der Waals surface area (Å²) < 4.78 is 0. The third kappa shape index (κ3) is 10.7. The van der Waals surface area contributed by atoms with E-state index in [1.165, 1.54) is 0 Å². The summed E-state index contributed by atoms with van der Waals surface area (Å²) in [6.07, 6.45) is -1.12. The Kier molecular flexibility index (Phi) is 11.9. The van der Waals surface area contributed by atoms with Gasteiger partial charge in [0, 0.05) is 0 Å². The minimum absolute atomic E-state index is 0.0819. The van der Waals surface area contributed by atoms with Crippen molar-refractivity contribution < 1.29 is 39.0 Å². The van der Waals surface area contributed by atoms with Crippen LogP contribution in [0.25, 0.3) is 0 Å². The molecule has 0 rings (SSSR count). The zero-order valence-corrected chi connectivity index (χ0v) is 18.6. The van der Waals surface area contributed by atoms with E-state index < -0.39 is 78.5 Å². The molecule has 13 nitrogen and oxygen atoms in total. The molecular formula is C19H33N5O8. The van der Waals surface area contributed by atoms with Gasteiger partial charge in [-0.1, -0.05) is 27.7 Å². The molecule has 4 unspecified atom stereocenters. The summed E-state index contributed by atoms with van der Waals surface area (Å²) >= 11 is 0. The molecule has 0 saturated heterocycles. The summed E-state index contributed by atoms with van der Waals surface area (Å²) in [4.78, 5) is 70.7. The quantitative estimate of drug-likeness (QED) is 0.151. The van der Waals surface area contributed by atoms with Gasteiger partial charge in [0.05, 0.1) is 18.9 Å². The highest BCUT2D eigenvalue weighted by atomic mass is 16.4. The first-order chi connectivity index (χ1) is 14.6. The minimum Gasteiger partial charge on any atom is -0.481 e. The highest BCUT2D eigenvalue weighted by Gasteiger charge is 2.32. The SMILES string of the molecule is CC(C)CC(NC(=O)C(NC(=O)C(N)CC(=O)O)C(C)C)C(=O)NC(CC(N)=O)C(=O)O. The average molecular weight is 460 g/mol. The Bertz CT molecular complexity index is 725. The van der Waals surface area contributed by atoms with Crippen molar-refractivity contribution >= 4 is 35.6 Å². The summed E-state index contributed by atoms with van der Waals surface area (Å²) in [6, 6.07) is -5.24. The number of nitrogens with one attached hydrogen (secondary N) is 3. The highest BCUT2D eigenvalue weighted by Crippen LogP contribution is 2.09. The number of nitrogens with two attached hydrogens (primary N) is 2. The van der Waals surface area contributed by atoms with E-state index in [0.717, 1.165) is 0 Å². The van der Waals surface area contributed by atoms with Crippen molar-refractivity contribution in [1.82, 2.24) is 16.0 Å². The zero-order chi connectivity index (χ0) is 25.2. The third-order valence-corrected chi connectivity index (χ3v) is 4.34. The van der Waals surface area contributed by atoms with Gasteiger partial charge in [0.15, 0.2) is 0 Å². The molecule has 4 atom stereocenters. The average Bonchev–Trinajstić information content (AvgIpc) is 2.62. The molecule has 0 fully saturated rings. The molecule has 0 spiro atoms. The van der Waals surface area contributed by atoms with E-state index in [9.17, 15) is 33.9 Å². The molecule has 9 N–H and O–H groups in total. The van der Waals surface area contributed by atoms with Crippen LogP contribution >= 0.6 is 0 Å². The lowest BCUT2D eigenvalue weighted by atomic mass is 9.99. The molecule has 0 aliphatic carbocycles. The third-order valence-electron chi connectivity index (χ3n) is 4.34. The summed E-state index contributed by atoms with van der Waals surface area (Å²) in [6.45, 7) is 6.80. The van der Waals surface area contributed by atoms with Gasteiger partial charge in [-0.3, -0.25) is 24.0 Å². The molecule has 0 aliphatic rings. The number of hydrogen-bond acceptors (Lipinski definition) is 7. The van der Waals surface area contributed by atoms with Crippen LogP contribution in [0.4, 0.5) is 0 Å². The van der Waals surface area contributed by atoms with E-state index in [1.54, 1.807) is 27.7 Å². The van der Waals surface area contributed by atoms with E-state index >= 15 is 0 Å². The second kappa shape index (κ2) is 13.2. The van der Waals surface area contributed by atoms with E-state index in [1.807, 2.05) is 0 Å². The smallest absolute Gasteiger partial charge is 0.326 e. The second-order valence-corrected chi connectivity index (χ2v) is 8.20. The van der Waals surface area contributed by atoms with Crippen LogP contribution in [0.3, 0.4) is 0 Å². The van der Waals surface area contributed by atoms with E-state index in [-0.39, 0.29) is 12.3 Å². The molecule has 0 heterocycles. The number of primary amides is 1. The molecule has 0 aliphatic heterocycles. The molecule has 0 aromatic heterocycles.